The van der Waals surface area contributed by atoms with E-state index in [1.165, 1.54) is 12.1 Å². The highest BCUT2D eigenvalue weighted by molar-refractivity contribution is 6.12. The standard InChI is InChI=1S/C45H39N3O7/c49-25-11-10-12-28-19-24-35-34(26-28)45(44(54)47-35)37(42(52)46-27-36(51)29-13-4-1-5-14-29)39-43(53)55-40(31-17-8-3-9-18-31)38(30-15-6-2-7-16-30)48(39)41(45)32-20-22-33(50)23-21-32/h1-9,13-24,26,36-41,49-51H,11,25,27H2,(H,46,52)(H,47,54). The molecule has 276 valence electrons. The molecule has 10 nitrogen and oxygen atoms in total. The third-order valence-corrected chi connectivity index (χ3v) is 10.9. The number of nitrogens with one attached hydrogen (secondary N) is 2. The Morgan fingerprint density at radius 1 is 0.836 bits per heavy atom. The van der Waals surface area contributed by atoms with Crippen molar-refractivity contribution in [2.45, 2.75) is 42.2 Å². The van der Waals surface area contributed by atoms with E-state index >= 15 is 9.59 Å². The Bertz CT molecular complexity index is 2270. The number of phenols is 1. The maximum absolute atomic E-state index is 15.2. The number of amides is 2. The number of benzene rings is 5. The van der Waals surface area contributed by atoms with Crippen LogP contribution in [0.5, 0.6) is 5.75 Å². The van der Waals surface area contributed by atoms with Gasteiger partial charge in [-0.1, -0.05) is 115 Å². The summed E-state index contributed by atoms with van der Waals surface area (Å²) in [7, 11) is 0. The van der Waals surface area contributed by atoms with Gasteiger partial charge in [0.25, 0.3) is 0 Å². The zero-order chi connectivity index (χ0) is 38.1. The van der Waals surface area contributed by atoms with Crippen molar-refractivity contribution in [3.8, 4) is 17.6 Å². The fraction of sp³-hybridized carbons (Fsp3) is 0.222. The molecule has 2 amide bonds. The molecule has 0 aliphatic carbocycles. The number of fused-ring (bicyclic) bond motifs is 3. The molecule has 0 radical (unpaired) electrons. The number of carbonyl (C=O) groups is 3. The summed E-state index contributed by atoms with van der Waals surface area (Å²) in [5.41, 5.74) is 2.46. The maximum Gasteiger partial charge on any atom is 0.324 e. The van der Waals surface area contributed by atoms with Crippen LogP contribution in [0.25, 0.3) is 0 Å². The molecule has 55 heavy (non-hydrogen) atoms. The molecule has 3 heterocycles. The van der Waals surface area contributed by atoms with Gasteiger partial charge in [0.2, 0.25) is 11.8 Å². The van der Waals surface area contributed by atoms with Crippen LogP contribution in [-0.4, -0.2) is 57.2 Å². The van der Waals surface area contributed by atoms with Gasteiger partial charge in [-0.3, -0.25) is 19.3 Å². The first-order valence-electron chi connectivity index (χ1n) is 18.3. The summed E-state index contributed by atoms with van der Waals surface area (Å²) in [6.07, 6.45) is -1.65. The average molecular weight is 734 g/mol. The van der Waals surface area contributed by atoms with Gasteiger partial charge in [-0.2, -0.15) is 0 Å². The van der Waals surface area contributed by atoms with Crippen molar-refractivity contribution in [1.82, 2.24) is 10.2 Å². The number of morpholine rings is 1. The van der Waals surface area contributed by atoms with Crippen molar-refractivity contribution in [2.24, 2.45) is 5.92 Å². The molecule has 5 aromatic carbocycles. The van der Waals surface area contributed by atoms with Gasteiger partial charge in [-0.25, -0.2) is 0 Å². The van der Waals surface area contributed by atoms with E-state index in [0.717, 1.165) is 11.1 Å². The van der Waals surface area contributed by atoms with Gasteiger partial charge in [-0.05, 0) is 58.1 Å². The number of nitrogens with zero attached hydrogens (tertiary/aromatic N) is 1. The summed E-state index contributed by atoms with van der Waals surface area (Å²) in [5.74, 6) is 2.88. The number of carbonyl (C=O) groups excluding carboxylic acids is 3. The van der Waals surface area contributed by atoms with E-state index in [-0.39, 0.29) is 25.3 Å². The van der Waals surface area contributed by atoms with Crippen LogP contribution in [0.4, 0.5) is 5.69 Å². The molecule has 1 spiro atoms. The van der Waals surface area contributed by atoms with Crippen molar-refractivity contribution in [3.63, 3.8) is 0 Å². The number of cyclic esters (lactones) is 1. The molecule has 5 aromatic rings. The molecule has 7 atom stereocenters. The monoisotopic (exact) mass is 733 g/mol. The Morgan fingerprint density at radius 2 is 1.49 bits per heavy atom. The fourth-order valence-corrected chi connectivity index (χ4v) is 8.65. The number of phenolic OH excluding ortho intramolecular Hbond substituents is 1. The number of aliphatic hydroxyl groups excluding tert-OH is 2. The number of anilines is 1. The molecule has 2 saturated heterocycles. The molecular weight excluding hydrogens is 695 g/mol. The first-order chi connectivity index (χ1) is 26.8. The SMILES string of the molecule is O=C1OC(c2ccccc2)C(c2ccccc2)N2C1C(C(=O)NCC(O)c1ccccc1)C1(C(=O)Nc3ccc(C#CCCO)cc31)C2c1ccc(O)cc1. The zero-order valence-electron chi connectivity index (χ0n) is 29.7. The van der Waals surface area contributed by atoms with Crippen LogP contribution in [0.3, 0.4) is 0 Å². The first-order valence-corrected chi connectivity index (χ1v) is 18.3. The van der Waals surface area contributed by atoms with E-state index in [1.54, 1.807) is 54.6 Å². The smallest absolute Gasteiger partial charge is 0.324 e. The molecule has 5 N–H and O–H groups in total. The minimum Gasteiger partial charge on any atom is -0.508 e. The van der Waals surface area contributed by atoms with Crippen molar-refractivity contribution >= 4 is 23.5 Å². The van der Waals surface area contributed by atoms with Gasteiger partial charge >= 0.3 is 5.97 Å². The highest BCUT2D eigenvalue weighted by atomic mass is 16.6. The largest absolute Gasteiger partial charge is 0.508 e. The lowest BCUT2D eigenvalue weighted by molar-refractivity contribution is -0.178. The third kappa shape index (κ3) is 6.22. The fourth-order valence-electron chi connectivity index (χ4n) is 8.65. The van der Waals surface area contributed by atoms with E-state index in [4.69, 9.17) is 4.74 Å². The number of rotatable bonds is 8. The summed E-state index contributed by atoms with van der Waals surface area (Å²) in [6, 6.07) is 36.7. The Kier molecular flexibility index (Phi) is 9.67. The lowest BCUT2D eigenvalue weighted by atomic mass is 9.65. The molecule has 3 aliphatic rings. The molecule has 7 unspecified atom stereocenters. The van der Waals surface area contributed by atoms with E-state index < -0.39 is 59.5 Å². The highest BCUT2D eigenvalue weighted by Crippen LogP contribution is 2.64. The molecule has 3 aliphatic heterocycles. The van der Waals surface area contributed by atoms with Crippen LogP contribution in [0.2, 0.25) is 0 Å². The van der Waals surface area contributed by atoms with Gasteiger partial charge in [0.15, 0.2) is 0 Å². The number of ether oxygens (including phenoxy) is 1. The van der Waals surface area contributed by atoms with Crippen molar-refractivity contribution in [1.29, 1.82) is 0 Å². The minimum atomic E-state index is -1.74. The second-order valence-corrected chi connectivity index (χ2v) is 14.0. The van der Waals surface area contributed by atoms with Crippen LogP contribution in [0.15, 0.2) is 133 Å². The molecule has 0 bridgehead atoms. The molecule has 0 aromatic heterocycles. The number of aliphatic hydroxyl groups is 2. The van der Waals surface area contributed by atoms with E-state index in [0.29, 0.717) is 27.9 Å². The van der Waals surface area contributed by atoms with Gasteiger partial charge in [-0.15, -0.1) is 0 Å². The number of esters is 1. The second-order valence-electron chi connectivity index (χ2n) is 14.0. The Morgan fingerprint density at radius 3 is 2.16 bits per heavy atom. The topological polar surface area (TPSA) is 148 Å². The van der Waals surface area contributed by atoms with E-state index in [2.05, 4.69) is 22.5 Å². The second kappa shape index (κ2) is 14.9. The lowest BCUT2D eigenvalue weighted by Crippen LogP contribution is -2.55. The maximum atomic E-state index is 15.2. The Hall–Kier alpha value is -6.25. The summed E-state index contributed by atoms with van der Waals surface area (Å²) >= 11 is 0. The lowest BCUT2D eigenvalue weighted by Gasteiger charge is -2.46. The van der Waals surface area contributed by atoms with Crippen LogP contribution in [0.1, 0.15) is 64.1 Å². The molecule has 8 rings (SSSR count). The first kappa shape index (κ1) is 35.8. The van der Waals surface area contributed by atoms with Crippen LogP contribution < -0.4 is 10.6 Å². The quantitative estimate of drug-likeness (QED) is 0.107. The summed E-state index contributed by atoms with van der Waals surface area (Å²) < 4.78 is 6.42. The van der Waals surface area contributed by atoms with Crippen molar-refractivity contribution < 1.29 is 34.4 Å². The van der Waals surface area contributed by atoms with Crippen molar-refractivity contribution in [2.75, 3.05) is 18.5 Å². The predicted octanol–water partition coefficient (Wildman–Crippen LogP) is 5.25. The Labute approximate surface area is 318 Å². The number of hydrogen-bond donors (Lipinski definition) is 5. The molecule has 10 heteroatoms. The van der Waals surface area contributed by atoms with Gasteiger partial charge in [0, 0.05) is 24.2 Å². The van der Waals surface area contributed by atoms with E-state index in [9.17, 15) is 20.1 Å². The van der Waals surface area contributed by atoms with Gasteiger partial charge in [0.05, 0.1) is 30.7 Å². The summed E-state index contributed by atoms with van der Waals surface area (Å²) in [4.78, 5) is 47.0. The minimum absolute atomic E-state index is 0.00841. The van der Waals surface area contributed by atoms with Crippen LogP contribution >= 0.6 is 0 Å². The van der Waals surface area contributed by atoms with Gasteiger partial charge < -0.3 is 30.7 Å². The molecule has 2 fully saturated rings. The van der Waals surface area contributed by atoms with Gasteiger partial charge in [0.1, 0.15) is 23.3 Å². The molecule has 0 saturated carbocycles. The van der Waals surface area contributed by atoms with Crippen molar-refractivity contribution in [3.05, 3.63) is 167 Å². The summed E-state index contributed by atoms with van der Waals surface area (Å²) in [5, 5.41) is 37.0. The van der Waals surface area contributed by atoms with E-state index in [1.807, 2.05) is 71.6 Å². The Balaban J connectivity index is 1.38. The number of aromatic hydroxyl groups is 1. The third-order valence-electron chi connectivity index (χ3n) is 10.9. The van der Waals surface area contributed by atoms with Crippen LogP contribution in [0, 0.1) is 17.8 Å². The normalized spacial score (nSPS) is 24.5. The predicted molar refractivity (Wildman–Crippen MR) is 204 cm³/mol. The average Bonchev–Trinajstić information content (AvgIpc) is 3.69. The van der Waals surface area contributed by atoms with Crippen LogP contribution in [-0.2, 0) is 24.5 Å². The zero-order valence-corrected chi connectivity index (χ0v) is 29.7. The summed E-state index contributed by atoms with van der Waals surface area (Å²) in [6.45, 7) is -0.304. The number of hydrogen-bond acceptors (Lipinski definition) is 8. The highest BCUT2D eigenvalue weighted by Gasteiger charge is 2.74. The molecular formula is C45H39N3O7.